The van der Waals surface area contributed by atoms with Gasteiger partial charge in [-0.25, -0.2) is 4.79 Å². The van der Waals surface area contributed by atoms with Crippen molar-refractivity contribution in [3.63, 3.8) is 0 Å². The average Bonchev–Trinajstić information content (AvgIpc) is 2.64. The van der Waals surface area contributed by atoms with Gasteiger partial charge < -0.3 is 20.5 Å². The van der Waals surface area contributed by atoms with Crippen LogP contribution in [0.4, 0.5) is 0 Å². The maximum atomic E-state index is 11.7. The number of carbonyl (C=O) groups is 3. The molecular weight excluding hydrogens is 360 g/mol. The number of benzene rings is 2. The van der Waals surface area contributed by atoms with E-state index in [1.165, 1.54) is 12.1 Å². The molecule has 0 unspecified atom stereocenters. The number of carboxylic acids is 1. The molecule has 0 fully saturated rings. The second-order valence-electron chi connectivity index (χ2n) is 5.30. The largest absolute Gasteiger partial charge is 0.484 e. The van der Waals surface area contributed by atoms with E-state index in [1.807, 2.05) is 0 Å². The molecule has 3 N–H and O–H groups in total. The van der Waals surface area contributed by atoms with Crippen LogP contribution in [0, 0.1) is 0 Å². The van der Waals surface area contributed by atoms with Gasteiger partial charge in [0.05, 0.1) is 12.1 Å². The predicted octanol–water partition coefficient (Wildman–Crippen LogP) is 1.85. The first-order valence-corrected chi connectivity index (χ1v) is 8.06. The van der Waals surface area contributed by atoms with E-state index < -0.39 is 11.9 Å². The number of hydrogen-bond acceptors (Lipinski definition) is 4. The number of ether oxygens (including phenoxy) is 1. The molecule has 26 heavy (non-hydrogen) atoms. The van der Waals surface area contributed by atoms with Gasteiger partial charge in [-0.1, -0.05) is 23.7 Å². The maximum absolute atomic E-state index is 11.7. The number of hydrogen-bond donors (Lipinski definition) is 3. The lowest BCUT2D eigenvalue weighted by Gasteiger charge is -2.08. The van der Waals surface area contributed by atoms with Gasteiger partial charge in [-0.3, -0.25) is 9.59 Å². The van der Waals surface area contributed by atoms with Crippen LogP contribution in [0.3, 0.4) is 0 Å². The van der Waals surface area contributed by atoms with E-state index >= 15 is 0 Å². The van der Waals surface area contributed by atoms with Crippen molar-refractivity contribution in [2.75, 3.05) is 13.2 Å². The lowest BCUT2D eigenvalue weighted by molar-refractivity contribution is -0.127. The van der Waals surface area contributed by atoms with Crippen LogP contribution in [0.25, 0.3) is 0 Å². The first-order valence-electron chi connectivity index (χ1n) is 7.68. The SMILES string of the molecule is O=C(CNC(=O)COc1ccc(Cl)cc1)NCc1ccc(C(=O)O)cc1. The van der Waals surface area contributed by atoms with Crippen molar-refractivity contribution in [2.45, 2.75) is 6.54 Å². The Labute approximate surface area is 154 Å². The molecule has 0 saturated heterocycles. The number of halogens is 1. The molecule has 0 aliphatic rings. The van der Waals surface area contributed by atoms with Crippen LogP contribution in [0.2, 0.25) is 5.02 Å². The van der Waals surface area contributed by atoms with E-state index in [0.29, 0.717) is 10.8 Å². The van der Waals surface area contributed by atoms with E-state index in [9.17, 15) is 14.4 Å². The van der Waals surface area contributed by atoms with E-state index in [0.717, 1.165) is 5.56 Å². The van der Waals surface area contributed by atoms with Crippen LogP contribution in [0.5, 0.6) is 5.75 Å². The van der Waals surface area contributed by atoms with Crippen molar-refractivity contribution < 1.29 is 24.2 Å². The minimum atomic E-state index is -1.01. The Morgan fingerprint density at radius 2 is 1.58 bits per heavy atom. The summed E-state index contributed by atoms with van der Waals surface area (Å²) < 4.78 is 5.26. The van der Waals surface area contributed by atoms with Gasteiger partial charge in [0.1, 0.15) is 5.75 Å². The van der Waals surface area contributed by atoms with Gasteiger partial charge in [-0.2, -0.15) is 0 Å². The van der Waals surface area contributed by atoms with Gasteiger partial charge in [-0.15, -0.1) is 0 Å². The summed E-state index contributed by atoms with van der Waals surface area (Å²) >= 11 is 5.75. The third kappa shape index (κ3) is 6.45. The highest BCUT2D eigenvalue weighted by Gasteiger charge is 2.07. The molecule has 0 saturated carbocycles. The Hall–Kier alpha value is -3.06. The molecule has 8 heteroatoms. The summed E-state index contributed by atoms with van der Waals surface area (Å²) in [5.74, 6) is -1.31. The molecule has 2 aromatic carbocycles. The highest BCUT2D eigenvalue weighted by atomic mass is 35.5. The highest BCUT2D eigenvalue weighted by molar-refractivity contribution is 6.30. The van der Waals surface area contributed by atoms with E-state index in [4.69, 9.17) is 21.4 Å². The number of amides is 2. The molecule has 2 aromatic rings. The summed E-state index contributed by atoms with van der Waals surface area (Å²) in [6.07, 6.45) is 0. The van der Waals surface area contributed by atoms with Crippen molar-refractivity contribution in [3.05, 3.63) is 64.7 Å². The van der Waals surface area contributed by atoms with Gasteiger partial charge >= 0.3 is 5.97 Å². The topological polar surface area (TPSA) is 105 Å². The minimum absolute atomic E-state index is 0.174. The first kappa shape index (κ1) is 19.3. The minimum Gasteiger partial charge on any atom is -0.484 e. The van der Waals surface area contributed by atoms with E-state index in [-0.39, 0.29) is 31.2 Å². The van der Waals surface area contributed by atoms with Crippen molar-refractivity contribution in [2.24, 2.45) is 0 Å². The average molecular weight is 377 g/mol. The summed E-state index contributed by atoms with van der Waals surface area (Å²) in [6, 6.07) is 12.7. The molecule has 0 aliphatic carbocycles. The van der Waals surface area contributed by atoms with Gasteiger partial charge in [-0.05, 0) is 42.0 Å². The van der Waals surface area contributed by atoms with Crippen LogP contribution >= 0.6 is 11.6 Å². The molecule has 2 rings (SSSR count). The standard InChI is InChI=1S/C18H17ClN2O5/c19-14-5-7-15(8-6-14)26-11-17(23)21-10-16(22)20-9-12-1-3-13(4-2-12)18(24)25/h1-8H,9-11H2,(H,20,22)(H,21,23)(H,24,25). The monoisotopic (exact) mass is 376 g/mol. The molecule has 0 aliphatic heterocycles. The zero-order chi connectivity index (χ0) is 18.9. The molecule has 7 nitrogen and oxygen atoms in total. The van der Waals surface area contributed by atoms with Crippen molar-refractivity contribution in [3.8, 4) is 5.75 Å². The Bertz CT molecular complexity index is 775. The van der Waals surface area contributed by atoms with Crippen molar-refractivity contribution >= 4 is 29.4 Å². The lowest BCUT2D eigenvalue weighted by atomic mass is 10.1. The Kier molecular flexibility index (Phi) is 6.99. The maximum Gasteiger partial charge on any atom is 0.335 e. The van der Waals surface area contributed by atoms with Crippen LogP contribution in [-0.2, 0) is 16.1 Å². The summed E-state index contributed by atoms with van der Waals surface area (Å²) in [5, 5.41) is 14.5. The Morgan fingerprint density at radius 3 is 2.19 bits per heavy atom. The normalized spacial score (nSPS) is 10.0. The molecule has 0 radical (unpaired) electrons. The number of nitrogens with one attached hydrogen (secondary N) is 2. The summed E-state index contributed by atoms with van der Waals surface area (Å²) in [4.78, 5) is 34.2. The second kappa shape index (κ2) is 9.43. The van der Waals surface area contributed by atoms with E-state index in [2.05, 4.69) is 10.6 Å². The molecule has 0 bridgehead atoms. The zero-order valence-electron chi connectivity index (χ0n) is 13.7. The molecule has 0 spiro atoms. The van der Waals surface area contributed by atoms with Crippen LogP contribution in [-0.4, -0.2) is 36.0 Å². The van der Waals surface area contributed by atoms with Gasteiger partial charge in [0.15, 0.2) is 6.61 Å². The Balaban J connectivity index is 1.66. The number of rotatable bonds is 8. The quantitative estimate of drug-likeness (QED) is 0.652. The fourth-order valence-electron chi connectivity index (χ4n) is 1.94. The lowest BCUT2D eigenvalue weighted by Crippen LogP contribution is -2.38. The van der Waals surface area contributed by atoms with Crippen LogP contribution in [0.15, 0.2) is 48.5 Å². The fourth-order valence-corrected chi connectivity index (χ4v) is 2.06. The molecule has 2 amide bonds. The molecule has 0 heterocycles. The summed E-state index contributed by atoms with van der Waals surface area (Å²) in [7, 11) is 0. The van der Waals surface area contributed by atoms with Crippen LogP contribution in [0.1, 0.15) is 15.9 Å². The number of carboxylic acid groups (broad SMARTS) is 1. The van der Waals surface area contributed by atoms with Crippen molar-refractivity contribution in [1.82, 2.24) is 10.6 Å². The fraction of sp³-hybridized carbons (Fsp3) is 0.167. The molecule has 0 atom stereocenters. The number of aromatic carboxylic acids is 1. The highest BCUT2D eigenvalue weighted by Crippen LogP contribution is 2.15. The summed E-state index contributed by atoms with van der Waals surface area (Å²) in [5.41, 5.74) is 0.925. The van der Waals surface area contributed by atoms with Gasteiger partial charge in [0.25, 0.3) is 5.91 Å². The number of carbonyl (C=O) groups excluding carboxylic acids is 2. The predicted molar refractivity (Wildman–Crippen MR) is 95.2 cm³/mol. The molecular formula is C18H17ClN2O5. The van der Waals surface area contributed by atoms with Crippen molar-refractivity contribution in [1.29, 1.82) is 0 Å². The third-order valence-electron chi connectivity index (χ3n) is 3.32. The van der Waals surface area contributed by atoms with Gasteiger partial charge in [0.2, 0.25) is 5.91 Å². The van der Waals surface area contributed by atoms with Gasteiger partial charge in [0, 0.05) is 11.6 Å². The van der Waals surface area contributed by atoms with Crippen LogP contribution < -0.4 is 15.4 Å². The third-order valence-corrected chi connectivity index (χ3v) is 3.57. The first-order chi connectivity index (χ1) is 12.4. The molecule has 0 aromatic heterocycles. The zero-order valence-corrected chi connectivity index (χ0v) is 14.5. The smallest absolute Gasteiger partial charge is 0.335 e. The second-order valence-corrected chi connectivity index (χ2v) is 5.73. The Morgan fingerprint density at radius 1 is 0.923 bits per heavy atom. The molecule has 136 valence electrons. The van der Waals surface area contributed by atoms with E-state index in [1.54, 1.807) is 36.4 Å². The summed E-state index contributed by atoms with van der Waals surface area (Å²) in [6.45, 7) is -0.169.